The molecule has 0 saturated carbocycles. The van der Waals surface area contributed by atoms with Crippen LogP contribution in [0, 0.1) is 0 Å². The molecule has 42 valence electrons. The lowest BCUT2D eigenvalue weighted by atomic mass is 10.6. The minimum atomic E-state index is 0.865. The van der Waals surface area contributed by atoms with Crippen LogP contribution in [0.1, 0.15) is 13.8 Å². The van der Waals surface area contributed by atoms with Crippen molar-refractivity contribution in [2.24, 2.45) is 5.84 Å². The van der Waals surface area contributed by atoms with E-state index in [2.05, 4.69) is 0 Å². The Morgan fingerprint density at radius 3 is 2.43 bits per heavy atom. The molecular weight excluding hydrogens is 88.1 g/mol. The van der Waals surface area contributed by atoms with Crippen LogP contribution in [0.25, 0.3) is 0 Å². The summed E-state index contributed by atoms with van der Waals surface area (Å²) >= 11 is 0. The van der Waals surface area contributed by atoms with Gasteiger partial charge < -0.3 is 5.01 Å². The molecular formula is C5H12N2. The van der Waals surface area contributed by atoms with Crippen LogP contribution in [-0.4, -0.2) is 11.6 Å². The SMILES string of the molecule is C/C=C/N(N)CC. The van der Waals surface area contributed by atoms with Crippen molar-refractivity contribution in [2.45, 2.75) is 13.8 Å². The molecule has 0 aromatic rings. The first-order valence-corrected chi connectivity index (χ1v) is 2.45. The van der Waals surface area contributed by atoms with Gasteiger partial charge in [0.05, 0.1) is 0 Å². The highest BCUT2D eigenvalue weighted by atomic mass is 15.4. The van der Waals surface area contributed by atoms with Gasteiger partial charge >= 0.3 is 0 Å². The lowest BCUT2D eigenvalue weighted by Gasteiger charge is -2.07. The molecule has 7 heavy (non-hydrogen) atoms. The second-order valence-electron chi connectivity index (χ2n) is 1.31. The van der Waals surface area contributed by atoms with Gasteiger partial charge in [-0.3, -0.25) is 0 Å². The van der Waals surface area contributed by atoms with E-state index in [4.69, 9.17) is 5.84 Å². The van der Waals surface area contributed by atoms with Crippen LogP contribution < -0.4 is 5.84 Å². The second kappa shape index (κ2) is 3.68. The number of hydrogen-bond acceptors (Lipinski definition) is 2. The molecule has 0 amide bonds. The van der Waals surface area contributed by atoms with E-state index in [9.17, 15) is 0 Å². The van der Waals surface area contributed by atoms with Crippen LogP contribution in [0.15, 0.2) is 12.3 Å². The fraction of sp³-hybridized carbons (Fsp3) is 0.600. The third-order valence-electron chi connectivity index (χ3n) is 0.706. The maximum absolute atomic E-state index is 5.33. The lowest BCUT2D eigenvalue weighted by molar-refractivity contribution is 0.416. The third kappa shape index (κ3) is 3.33. The summed E-state index contributed by atoms with van der Waals surface area (Å²) in [6.45, 7) is 4.81. The van der Waals surface area contributed by atoms with Gasteiger partial charge in [0.1, 0.15) is 0 Å². The predicted molar refractivity (Wildman–Crippen MR) is 31.4 cm³/mol. The summed E-state index contributed by atoms with van der Waals surface area (Å²) in [5.41, 5.74) is 0. The fourth-order valence-corrected chi connectivity index (χ4v) is 0.297. The molecule has 0 bridgehead atoms. The standard InChI is InChI=1S/C5H12N2/c1-3-5-7(6)4-2/h3,5H,4,6H2,1-2H3/b5-3+. The van der Waals surface area contributed by atoms with Gasteiger partial charge in [0.2, 0.25) is 0 Å². The van der Waals surface area contributed by atoms with E-state index in [1.165, 1.54) is 0 Å². The molecule has 0 heterocycles. The first kappa shape index (κ1) is 6.50. The van der Waals surface area contributed by atoms with Gasteiger partial charge in [-0.15, -0.1) is 0 Å². The molecule has 2 N–H and O–H groups in total. The van der Waals surface area contributed by atoms with Gasteiger partial charge in [-0.1, -0.05) is 6.08 Å². The van der Waals surface area contributed by atoms with Crippen molar-refractivity contribution >= 4 is 0 Å². The first-order valence-electron chi connectivity index (χ1n) is 2.45. The van der Waals surface area contributed by atoms with Crippen molar-refractivity contribution in [1.29, 1.82) is 0 Å². The van der Waals surface area contributed by atoms with E-state index >= 15 is 0 Å². The Bertz CT molecular complexity index is 59.1. The third-order valence-corrected chi connectivity index (χ3v) is 0.706. The van der Waals surface area contributed by atoms with E-state index in [1.54, 1.807) is 5.01 Å². The topological polar surface area (TPSA) is 29.3 Å². The number of nitrogens with two attached hydrogens (primary N) is 1. The van der Waals surface area contributed by atoms with Crippen molar-refractivity contribution in [3.63, 3.8) is 0 Å². The highest BCUT2D eigenvalue weighted by Crippen LogP contribution is 1.74. The maximum atomic E-state index is 5.33. The quantitative estimate of drug-likeness (QED) is 0.409. The van der Waals surface area contributed by atoms with E-state index in [1.807, 2.05) is 26.1 Å². The Balaban J connectivity index is 3.16. The van der Waals surface area contributed by atoms with Crippen molar-refractivity contribution in [1.82, 2.24) is 5.01 Å². The summed E-state index contributed by atoms with van der Waals surface area (Å²) < 4.78 is 0. The Morgan fingerprint density at radius 2 is 2.29 bits per heavy atom. The Hall–Kier alpha value is -0.500. The fourth-order valence-electron chi connectivity index (χ4n) is 0.297. The second-order valence-corrected chi connectivity index (χ2v) is 1.31. The zero-order valence-corrected chi connectivity index (χ0v) is 4.89. The molecule has 0 saturated heterocycles. The molecule has 0 atom stereocenters. The first-order chi connectivity index (χ1) is 3.31. The maximum Gasteiger partial charge on any atom is 0.0306 e. The molecule has 0 rings (SSSR count). The van der Waals surface area contributed by atoms with Crippen LogP contribution in [0.5, 0.6) is 0 Å². The Labute approximate surface area is 44.6 Å². The van der Waals surface area contributed by atoms with E-state index in [0.717, 1.165) is 6.54 Å². The Morgan fingerprint density at radius 1 is 1.71 bits per heavy atom. The largest absolute Gasteiger partial charge is 0.319 e. The van der Waals surface area contributed by atoms with Crippen molar-refractivity contribution < 1.29 is 0 Å². The number of rotatable bonds is 2. The van der Waals surface area contributed by atoms with Gasteiger partial charge in [-0.2, -0.15) is 0 Å². The summed E-state index contributed by atoms with van der Waals surface area (Å²) in [4.78, 5) is 0. The van der Waals surface area contributed by atoms with Crippen molar-refractivity contribution in [3.8, 4) is 0 Å². The average molecular weight is 100 g/mol. The number of hydrazine groups is 1. The molecule has 0 aliphatic heterocycles. The van der Waals surface area contributed by atoms with Crippen LogP contribution >= 0.6 is 0 Å². The zero-order valence-electron chi connectivity index (χ0n) is 4.89. The summed E-state index contributed by atoms with van der Waals surface area (Å²) in [6, 6.07) is 0. The highest BCUT2D eigenvalue weighted by Gasteiger charge is 1.77. The lowest BCUT2D eigenvalue weighted by Crippen LogP contribution is -2.23. The molecule has 0 fully saturated rings. The van der Waals surface area contributed by atoms with E-state index in [0.29, 0.717) is 0 Å². The van der Waals surface area contributed by atoms with Crippen molar-refractivity contribution in [3.05, 3.63) is 12.3 Å². The number of allylic oxidation sites excluding steroid dienone is 1. The number of hydrogen-bond donors (Lipinski definition) is 1. The van der Waals surface area contributed by atoms with Crippen LogP contribution in [0.2, 0.25) is 0 Å². The summed E-state index contributed by atoms with van der Waals surface area (Å²) in [6.07, 6.45) is 3.74. The van der Waals surface area contributed by atoms with Gasteiger partial charge in [-0.25, -0.2) is 5.84 Å². The molecule has 0 aromatic heterocycles. The normalized spacial score (nSPS) is 10.1. The smallest absolute Gasteiger partial charge is 0.0306 e. The molecule has 0 aliphatic rings. The molecule has 0 radical (unpaired) electrons. The minimum Gasteiger partial charge on any atom is -0.319 e. The predicted octanol–water partition coefficient (Wildman–Crippen LogP) is 0.716. The van der Waals surface area contributed by atoms with Gasteiger partial charge in [0.15, 0.2) is 0 Å². The van der Waals surface area contributed by atoms with Crippen LogP contribution in [-0.2, 0) is 0 Å². The monoisotopic (exact) mass is 100 g/mol. The van der Waals surface area contributed by atoms with Gasteiger partial charge in [0.25, 0.3) is 0 Å². The summed E-state index contributed by atoms with van der Waals surface area (Å²) in [5, 5.41) is 1.62. The molecule has 0 aromatic carbocycles. The van der Waals surface area contributed by atoms with Crippen LogP contribution in [0.4, 0.5) is 0 Å². The Kier molecular flexibility index (Phi) is 3.42. The molecule has 0 aliphatic carbocycles. The van der Waals surface area contributed by atoms with E-state index in [-0.39, 0.29) is 0 Å². The van der Waals surface area contributed by atoms with Gasteiger partial charge in [-0.05, 0) is 13.8 Å². The van der Waals surface area contributed by atoms with Crippen LogP contribution in [0.3, 0.4) is 0 Å². The minimum absolute atomic E-state index is 0.865. The zero-order chi connectivity index (χ0) is 5.70. The highest BCUT2D eigenvalue weighted by molar-refractivity contribution is 4.72. The average Bonchev–Trinajstić information content (AvgIpc) is 1.68. The summed E-state index contributed by atoms with van der Waals surface area (Å²) in [7, 11) is 0. The van der Waals surface area contributed by atoms with Crippen molar-refractivity contribution in [2.75, 3.05) is 6.54 Å². The molecule has 0 spiro atoms. The van der Waals surface area contributed by atoms with E-state index < -0.39 is 0 Å². The number of nitrogens with zero attached hydrogens (tertiary/aromatic N) is 1. The molecule has 2 nitrogen and oxygen atoms in total. The summed E-state index contributed by atoms with van der Waals surface area (Å²) in [5.74, 6) is 5.33. The molecule has 0 unspecified atom stereocenters. The van der Waals surface area contributed by atoms with Gasteiger partial charge in [0, 0.05) is 12.7 Å². The molecule has 2 heteroatoms.